The molecule has 19 heavy (non-hydrogen) atoms. The summed E-state index contributed by atoms with van der Waals surface area (Å²) in [6, 6.07) is 9.08. The molecule has 1 aliphatic rings. The van der Waals surface area contributed by atoms with Crippen LogP contribution < -0.4 is 5.32 Å². The van der Waals surface area contributed by atoms with E-state index in [4.69, 9.17) is 0 Å². The second-order valence-corrected chi connectivity index (χ2v) is 6.20. The van der Waals surface area contributed by atoms with Crippen LogP contribution in [0.4, 0.5) is 5.69 Å². The Labute approximate surface area is 125 Å². The van der Waals surface area contributed by atoms with E-state index in [0.29, 0.717) is 0 Å². The molecular formula is C15H24BrN3. The Kier molecular flexibility index (Phi) is 5.67. The average Bonchev–Trinajstić information content (AvgIpc) is 2.41. The fourth-order valence-corrected chi connectivity index (χ4v) is 3.01. The average molecular weight is 326 g/mol. The number of benzene rings is 1. The highest BCUT2D eigenvalue weighted by molar-refractivity contribution is 9.10. The summed E-state index contributed by atoms with van der Waals surface area (Å²) < 4.78 is 1.13. The molecule has 4 heteroatoms. The maximum absolute atomic E-state index is 3.50. The van der Waals surface area contributed by atoms with Crippen LogP contribution in [-0.2, 0) is 0 Å². The SMILES string of the molecule is CCC1CN(CCNc2cccc(Br)c2)CCN1C. The Balaban J connectivity index is 1.74. The molecule has 0 amide bonds. The van der Waals surface area contributed by atoms with E-state index in [1.54, 1.807) is 0 Å². The van der Waals surface area contributed by atoms with E-state index in [0.717, 1.165) is 23.6 Å². The van der Waals surface area contributed by atoms with Crippen molar-refractivity contribution in [2.75, 3.05) is 45.1 Å². The third kappa shape index (κ3) is 4.48. The summed E-state index contributed by atoms with van der Waals surface area (Å²) >= 11 is 3.50. The van der Waals surface area contributed by atoms with Crippen molar-refractivity contribution in [2.45, 2.75) is 19.4 Å². The lowest BCUT2D eigenvalue weighted by Crippen LogP contribution is -2.51. The van der Waals surface area contributed by atoms with Gasteiger partial charge >= 0.3 is 0 Å². The number of hydrogen-bond donors (Lipinski definition) is 1. The van der Waals surface area contributed by atoms with E-state index < -0.39 is 0 Å². The van der Waals surface area contributed by atoms with Crippen molar-refractivity contribution in [2.24, 2.45) is 0 Å². The Morgan fingerprint density at radius 3 is 2.95 bits per heavy atom. The van der Waals surface area contributed by atoms with Gasteiger partial charge in [-0.3, -0.25) is 4.90 Å². The first-order valence-electron chi connectivity index (χ1n) is 7.11. The molecule has 0 bridgehead atoms. The Hall–Kier alpha value is -0.580. The fourth-order valence-electron chi connectivity index (χ4n) is 2.61. The normalized spacial score (nSPS) is 21.5. The molecule has 1 atom stereocenters. The summed E-state index contributed by atoms with van der Waals surface area (Å²) in [4.78, 5) is 5.05. The van der Waals surface area contributed by atoms with Crippen LogP contribution in [0.25, 0.3) is 0 Å². The predicted molar refractivity (Wildman–Crippen MR) is 85.8 cm³/mol. The zero-order valence-electron chi connectivity index (χ0n) is 11.9. The van der Waals surface area contributed by atoms with Gasteiger partial charge in [0, 0.05) is 48.9 Å². The van der Waals surface area contributed by atoms with E-state index in [9.17, 15) is 0 Å². The molecule has 1 fully saturated rings. The van der Waals surface area contributed by atoms with Crippen molar-refractivity contribution in [1.82, 2.24) is 9.80 Å². The summed E-state index contributed by atoms with van der Waals surface area (Å²) in [6.45, 7) is 7.99. The lowest BCUT2D eigenvalue weighted by atomic mass is 10.1. The highest BCUT2D eigenvalue weighted by Gasteiger charge is 2.21. The Bertz CT molecular complexity index is 397. The molecule has 1 heterocycles. The number of piperazine rings is 1. The van der Waals surface area contributed by atoms with Crippen molar-refractivity contribution < 1.29 is 0 Å². The number of likely N-dealkylation sites (N-methyl/N-ethyl adjacent to an activating group) is 1. The van der Waals surface area contributed by atoms with E-state index in [-0.39, 0.29) is 0 Å². The lowest BCUT2D eigenvalue weighted by Gasteiger charge is -2.39. The maximum atomic E-state index is 3.50. The third-order valence-electron chi connectivity index (χ3n) is 3.91. The van der Waals surface area contributed by atoms with Gasteiger partial charge in [0.15, 0.2) is 0 Å². The molecule has 0 saturated carbocycles. The fraction of sp³-hybridized carbons (Fsp3) is 0.600. The Morgan fingerprint density at radius 2 is 2.21 bits per heavy atom. The molecule has 1 aromatic rings. The molecule has 1 saturated heterocycles. The van der Waals surface area contributed by atoms with Gasteiger partial charge < -0.3 is 10.2 Å². The van der Waals surface area contributed by atoms with Crippen molar-refractivity contribution in [1.29, 1.82) is 0 Å². The van der Waals surface area contributed by atoms with E-state index in [1.165, 1.54) is 31.7 Å². The molecule has 1 unspecified atom stereocenters. The highest BCUT2D eigenvalue weighted by Crippen LogP contribution is 2.15. The van der Waals surface area contributed by atoms with Crippen LogP contribution in [0.15, 0.2) is 28.7 Å². The monoisotopic (exact) mass is 325 g/mol. The maximum Gasteiger partial charge on any atom is 0.0351 e. The van der Waals surface area contributed by atoms with Gasteiger partial charge in [-0.1, -0.05) is 28.9 Å². The summed E-state index contributed by atoms with van der Waals surface area (Å²) in [5, 5.41) is 3.49. The number of nitrogens with one attached hydrogen (secondary N) is 1. The second kappa shape index (κ2) is 7.27. The van der Waals surface area contributed by atoms with Crippen molar-refractivity contribution >= 4 is 21.6 Å². The van der Waals surface area contributed by atoms with Gasteiger partial charge in [-0.15, -0.1) is 0 Å². The number of rotatable bonds is 5. The highest BCUT2D eigenvalue weighted by atomic mass is 79.9. The van der Waals surface area contributed by atoms with Gasteiger partial charge in [0.05, 0.1) is 0 Å². The van der Waals surface area contributed by atoms with Gasteiger partial charge in [0.25, 0.3) is 0 Å². The van der Waals surface area contributed by atoms with Crippen LogP contribution in [0.2, 0.25) is 0 Å². The zero-order chi connectivity index (χ0) is 13.7. The van der Waals surface area contributed by atoms with E-state index in [2.05, 4.69) is 69.3 Å². The molecule has 1 N–H and O–H groups in total. The van der Waals surface area contributed by atoms with Crippen LogP contribution in [0.5, 0.6) is 0 Å². The van der Waals surface area contributed by atoms with Crippen LogP contribution in [0.1, 0.15) is 13.3 Å². The molecule has 0 radical (unpaired) electrons. The third-order valence-corrected chi connectivity index (χ3v) is 4.41. The molecule has 0 spiro atoms. The number of halogens is 1. The molecule has 3 nitrogen and oxygen atoms in total. The number of anilines is 1. The summed E-state index contributed by atoms with van der Waals surface area (Å²) in [6.07, 6.45) is 1.24. The first kappa shape index (κ1) is 14.8. The number of hydrogen-bond acceptors (Lipinski definition) is 3. The van der Waals surface area contributed by atoms with Gasteiger partial charge in [-0.2, -0.15) is 0 Å². The quantitative estimate of drug-likeness (QED) is 0.898. The van der Waals surface area contributed by atoms with Crippen molar-refractivity contribution in [3.63, 3.8) is 0 Å². The van der Waals surface area contributed by atoms with Crippen LogP contribution >= 0.6 is 15.9 Å². The Morgan fingerprint density at radius 1 is 1.37 bits per heavy atom. The molecule has 0 aromatic heterocycles. The molecular weight excluding hydrogens is 302 g/mol. The first-order valence-corrected chi connectivity index (χ1v) is 7.90. The topological polar surface area (TPSA) is 18.5 Å². The van der Waals surface area contributed by atoms with Gasteiger partial charge in [-0.25, -0.2) is 0 Å². The smallest absolute Gasteiger partial charge is 0.0351 e. The molecule has 1 aromatic carbocycles. The summed E-state index contributed by atoms with van der Waals surface area (Å²) in [5.41, 5.74) is 1.19. The second-order valence-electron chi connectivity index (χ2n) is 5.28. The van der Waals surface area contributed by atoms with Crippen LogP contribution in [0, 0.1) is 0 Å². The van der Waals surface area contributed by atoms with Crippen LogP contribution in [0.3, 0.4) is 0 Å². The minimum atomic E-state index is 0.722. The summed E-state index contributed by atoms with van der Waals surface area (Å²) in [5.74, 6) is 0. The predicted octanol–water partition coefficient (Wildman–Crippen LogP) is 2.89. The minimum Gasteiger partial charge on any atom is -0.384 e. The molecule has 2 rings (SSSR count). The summed E-state index contributed by atoms with van der Waals surface area (Å²) in [7, 11) is 2.24. The molecule has 106 valence electrons. The zero-order valence-corrected chi connectivity index (χ0v) is 13.5. The standard InChI is InChI=1S/C15H24BrN3/c1-3-15-12-19(10-9-18(15)2)8-7-17-14-6-4-5-13(16)11-14/h4-6,11,15,17H,3,7-10,12H2,1-2H3. The van der Waals surface area contributed by atoms with Gasteiger partial charge in [0.2, 0.25) is 0 Å². The van der Waals surface area contributed by atoms with E-state index in [1.807, 2.05) is 0 Å². The molecule has 0 aliphatic carbocycles. The van der Waals surface area contributed by atoms with E-state index >= 15 is 0 Å². The van der Waals surface area contributed by atoms with Crippen LogP contribution in [-0.4, -0.2) is 55.6 Å². The minimum absolute atomic E-state index is 0.722. The van der Waals surface area contributed by atoms with Crippen molar-refractivity contribution in [3.05, 3.63) is 28.7 Å². The lowest BCUT2D eigenvalue weighted by molar-refractivity contribution is 0.0963. The molecule has 1 aliphatic heterocycles. The van der Waals surface area contributed by atoms with Gasteiger partial charge in [0.1, 0.15) is 0 Å². The largest absolute Gasteiger partial charge is 0.384 e. The number of nitrogens with zero attached hydrogens (tertiary/aromatic N) is 2. The van der Waals surface area contributed by atoms with Crippen molar-refractivity contribution in [3.8, 4) is 0 Å². The van der Waals surface area contributed by atoms with Gasteiger partial charge in [-0.05, 0) is 31.7 Å². The first-order chi connectivity index (χ1) is 9.19.